The zero-order valence-electron chi connectivity index (χ0n) is 15.5. The van der Waals surface area contributed by atoms with E-state index in [4.69, 9.17) is 4.74 Å². The topological polar surface area (TPSA) is 9.23 Å². The van der Waals surface area contributed by atoms with Gasteiger partial charge in [0.05, 0.1) is 6.61 Å². The number of hydrogen-bond donors (Lipinski definition) is 0. The second kappa shape index (κ2) is 8.18. The van der Waals surface area contributed by atoms with Crippen molar-refractivity contribution in [1.29, 1.82) is 0 Å². The Morgan fingerprint density at radius 2 is 1.73 bits per heavy atom. The third kappa shape index (κ3) is 3.72. The molecule has 2 aliphatic rings. The Kier molecular flexibility index (Phi) is 6.13. The molecule has 2 saturated carbocycles. The van der Waals surface area contributed by atoms with Crippen molar-refractivity contribution in [3.63, 3.8) is 0 Å². The average Bonchev–Trinajstić information content (AvgIpc) is 2.95. The lowest BCUT2D eigenvalue weighted by atomic mass is 9.87. The van der Waals surface area contributed by atoms with Crippen molar-refractivity contribution in [2.75, 3.05) is 6.61 Å². The second-order valence-corrected chi connectivity index (χ2v) is 7.87. The van der Waals surface area contributed by atoms with E-state index in [1.165, 1.54) is 12.1 Å². The molecule has 0 N–H and O–H groups in total. The predicted molar refractivity (Wildman–Crippen MR) is 93.9 cm³/mol. The summed E-state index contributed by atoms with van der Waals surface area (Å²) in [5, 5.41) is 0. The Balaban J connectivity index is 1.82. The second-order valence-electron chi connectivity index (χ2n) is 7.87. The van der Waals surface area contributed by atoms with E-state index in [2.05, 4.69) is 6.92 Å². The fourth-order valence-electron chi connectivity index (χ4n) is 5.07. The molecular formula is C21H28F4O. The lowest BCUT2D eigenvalue weighted by molar-refractivity contribution is 0.182. The standard InChI is InChI=1S/C21H28F4O/c1-3-5-12-8-13-10-17(22)16(11-18(23)15(13)9-12)14-6-7-19(26-4-2)21(25)20(14)24/h6-7,12-13,15-18H,3-5,8-11H2,1-2H3. The van der Waals surface area contributed by atoms with Gasteiger partial charge in [0, 0.05) is 5.92 Å². The zero-order valence-corrected chi connectivity index (χ0v) is 15.5. The Labute approximate surface area is 153 Å². The van der Waals surface area contributed by atoms with Crippen molar-refractivity contribution in [3.8, 4) is 5.75 Å². The molecule has 0 heterocycles. The van der Waals surface area contributed by atoms with Gasteiger partial charge in [-0.2, -0.15) is 4.39 Å². The fraction of sp³-hybridized carbons (Fsp3) is 0.714. The molecule has 0 aromatic heterocycles. The van der Waals surface area contributed by atoms with Crippen LogP contribution in [-0.2, 0) is 0 Å². The van der Waals surface area contributed by atoms with E-state index in [0.717, 1.165) is 25.7 Å². The summed E-state index contributed by atoms with van der Waals surface area (Å²) >= 11 is 0. The van der Waals surface area contributed by atoms with Gasteiger partial charge in [-0.15, -0.1) is 0 Å². The molecule has 3 rings (SSSR count). The first-order valence-electron chi connectivity index (χ1n) is 9.85. The monoisotopic (exact) mass is 372 g/mol. The first kappa shape index (κ1) is 19.5. The average molecular weight is 372 g/mol. The molecule has 5 heteroatoms. The molecule has 1 nitrogen and oxygen atoms in total. The summed E-state index contributed by atoms with van der Waals surface area (Å²) in [5.74, 6) is -3.01. The van der Waals surface area contributed by atoms with Crippen molar-refractivity contribution >= 4 is 0 Å². The Morgan fingerprint density at radius 3 is 2.42 bits per heavy atom. The van der Waals surface area contributed by atoms with Gasteiger partial charge in [0.1, 0.15) is 12.3 Å². The molecule has 0 spiro atoms. The molecular weight excluding hydrogens is 344 g/mol. The Morgan fingerprint density at radius 1 is 0.962 bits per heavy atom. The van der Waals surface area contributed by atoms with Gasteiger partial charge < -0.3 is 4.74 Å². The number of rotatable bonds is 5. The molecule has 2 fully saturated rings. The fourth-order valence-corrected chi connectivity index (χ4v) is 5.07. The Hall–Kier alpha value is -1.26. The lowest BCUT2D eigenvalue weighted by Gasteiger charge is -2.22. The SMILES string of the molecule is CCCC1CC2CC(F)C(c3ccc(OCC)c(F)c3F)CC(F)C2C1. The highest BCUT2D eigenvalue weighted by atomic mass is 19.2. The number of halogens is 4. The van der Waals surface area contributed by atoms with E-state index >= 15 is 0 Å². The minimum Gasteiger partial charge on any atom is -0.491 e. The molecule has 0 radical (unpaired) electrons. The van der Waals surface area contributed by atoms with Gasteiger partial charge >= 0.3 is 0 Å². The molecule has 0 bridgehead atoms. The molecule has 1 aromatic carbocycles. The van der Waals surface area contributed by atoms with Crippen molar-refractivity contribution in [2.24, 2.45) is 17.8 Å². The first-order valence-corrected chi connectivity index (χ1v) is 9.85. The summed E-state index contributed by atoms with van der Waals surface area (Å²) in [6, 6.07) is 2.68. The molecule has 6 atom stereocenters. The van der Waals surface area contributed by atoms with Crippen molar-refractivity contribution in [2.45, 2.75) is 70.6 Å². The highest BCUT2D eigenvalue weighted by molar-refractivity contribution is 5.34. The van der Waals surface area contributed by atoms with Crippen molar-refractivity contribution in [3.05, 3.63) is 29.3 Å². The number of fused-ring (bicyclic) bond motifs is 1. The van der Waals surface area contributed by atoms with E-state index in [1.807, 2.05) is 0 Å². The maximum atomic E-state index is 15.0. The highest BCUT2D eigenvalue weighted by Crippen LogP contribution is 2.50. The summed E-state index contributed by atoms with van der Waals surface area (Å²) in [4.78, 5) is 0. The van der Waals surface area contributed by atoms with Crippen LogP contribution in [0.1, 0.15) is 63.9 Å². The predicted octanol–water partition coefficient (Wildman–Crippen LogP) is 6.36. The normalized spacial score (nSPS) is 34.4. The molecule has 146 valence electrons. The van der Waals surface area contributed by atoms with E-state index < -0.39 is 29.9 Å². The van der Waals surface area contributed by atoms with Gasteiger partial charge in [-0.25, -0.2) is 13.2 Å². The quantitative estimate of drug-likeness (QED) is 0.547. The third-order valence-electron chi connectivity index (χ3n) is 6.23. The molecule has 0 aliphatic heterocycles. The minimum atomic E-state index is -1.35. The summed E-state index contributed by atoms with van der Waals surface area (Å²) in [7, 11) is 0. The van der Waals surface area contributed by atoms with Gasteiger partial charge in [0.2, 0.25) is 5.82 Å². The minimum absolute atomic E-state index is 0.0113. The molecule has 0 amide bonds. The van der Waals surface area contributed by atoms with Crippen molar-refractivity contribution < 1.29 is 22.3 Å². The largest absolute Gasteiger partial charge is 0.491 e. The molecule has 1 aromatic rings. The van der Waals surface area contributed by atoms with Crippen LogP contribution in [0.25, 0.3) is 0 Å². The molecule has 0 saturated heterocycles. The Bertz CT molecular complexity index is 620. The van der Waals surface area contributed by atoms with Crippen LogP contribution in [0, 0.1) is 29.4 Å². The molecule has 6 unspecified atom stereocenters. The van der Waals surface area contributed by atoms with Crippen LogP contribution in [0.15, 0.2) is 12.1 Å². The lowest BCUT2D eigenvalue weighted by Crippen LogP contribution is -2.20. The maximum absolute atomic E-state index is 15.0. The third-order valence-corrected chi connectivity index (χ3v) is 6.23. The van der Waals surface area contributed by atoms with Gasteiger partial charge in [-0.1, -0.05) is 25.8 Å². The summed E-state index contributed by atoms with van der Waals surface area (Å²) < 4.78 is 63.7. The van der Waals surface area contributed by atoms with Gasteiger partial charge in [-0.3, -0.25) is 0 Å². The van der Waals surface area contributed by atoms with E-state index in [9.17, 15) is 17.6 Å². The summed E-state index contributed by atoms with van der Waals surface area (Å²) in [5.41, 5.74) is -0.0637. The zero-order chi connectivity index (χ0) is 18.8. The van der Waals surface area contributed by atoms with Crippen molar-refractivity contribution in [1.82, 2.24) is 0 Å². The van der Waals surface area contributed by atoms with Crippen LogP contribution in [-0.4, -0.2) is 19.0 Å². The van der Waals surface area contributed by atoms with Crippen LogP contribution in [0.3, 0.4) is 0 Å². The van der Waals surface area contributed by atoms with Gasteiger partial charge in [0.25, 0.3) is 0 Å². The maximum Gasteiger partial charge on any atom is 0.200 e. The van der Waals surface area contributed by atoms with Crippen LogP contribution < -0.4 is 4.74 Å². The summed E-state index contributed by atoms with van der Waals surface area (Å²) in [6.45, 7) is 3.99. The molecule has 26 heavy (non-hydrogen) atoms. The van der Waals surface area contributed by atoms with E-state index in [-0.39, 0.29) is 42.6 Å². The van der Waals surface area contributed by atoms with Crippen LogP contribution in [0.5, 0.6) is 5.75 Å². The first-order chi connectivity index (χ1) is 12.5. The van der Waals surface area contributed by atoms with E-state index in [1.54, 1.807) is 6.92 Å². The van der Waals surface area contributed by atoms with Crippen LogP contribution in [0.2, 0.25) is 0 Å². The van der Waals surface area contributed by atoms with Gasteiger partial charge in [0.15, 0.2) is 11.6 Å². The summed E-state index contributed by atoms with van der Waals surface area (Å²) in [6.07, 6.45) is 1.40. The number of hydrogen-bond acceptors (Lipinski definition) is 1. The number of benzene rings is 1. The number of ether oxygens (including phenoxy) is 1. The number of alkyl halides is 2. The molecule has 2 aliphatic carbocycles. The highest BCUT2D eigenvalue weighted by Gasteiger charge is 2.46. The smallest absolute Gasteiger partial charge is 0.200 e. The van der Waals surface area contributed by atoms with Crippen LogP contribution >= 0.6 is 0 Å². The van der Waals surface area contributed by atoms with Crippen LogP contribution in [0.4, 0.5) is 17.6 Å². The van der Waals surface area contributed by atoms with Gasteiger partial charge in [-0.05, 0) is 62.0 Å². The van der Waals surface area contributed by atoms with E-state index in [0.29, 0.717) is 5.92 Å².